The predicted molar refractivity (Wildman–Crippen MR) is 121 cm³/mol. The fourth-order valence-electron chi connectivity index (χ4n) is 4.11. The molecule has 1 aromatic heterocycles. The van der Waals surface area contributed by atoms with E-state index in [1.807, 2.05) is 60.9 Å². The summed E-state index contributed by atoms with van der Waals surface area (Å²) in [4.78, 5) is 33.1. The zero-order chi connectivity index (χ0) is 22.7. The van der Waals surface area contributed by atoms with E-state index in [2.05, 4.69) is 10.3 Å². The van der Waals surface area contributed by atoms with Crippen LogP contribution in [0.5, 0.6) is 5.75 Å². The number of amides is 2. The number of methoxy groups -OCH3 is 1. The smallest absolute Gasteiger partial charge is 0.254 e. The maximum atomic E-state index is 13.5. The van der Waals surface area contributed by atoms with Gasteiger partial charge in [0.1, 0.15) is 5.75 Å². The van der Waals surface area contributed by atoms with Crippen molar-refractivity contribution in [2.75, 3.05) is 13.7 Å². The molecule has 166 valence electrons. The fraction of sp³-hybridized carbons (Fsp3) is 0.320. The largest absolute Gasteiger partial charge is 0.497 e. The third kappa shape index (κ3) is 4.23. The summed E-state index contributed by atoms with van der Waals surface area (Å²) in [5, 5.41) is 3.02. The number of hydrogen-bond donors (Lipinski definition) is 1. The number of ether oxygens (including phenoxy) is 1. The van der Waals surface area contributed by atoms with Crippen molar-refractivity contribution in [2.24, 2.45) is 0 Å². The molecule has 1 N–H and O–H groups in total. The molecule has 0 saturated heterocycles. The van der Waals surface area contributed by atoms with E-state index in [0.29, 0.717) is 25.1 Å². The topological polar surface area (TPSA) is 76.5 Å². The third-order valence-corrected chi connectivity index (χ3v) is 5.76. The van der Waals surface area contributed by atoms with Crippen LogP contribution in [0.25, 0.3) is 0 Å². The summed E-state index contributed by atoms with van der Waals surface area (Å²) in [6.45, 7) is 4.87. The Labute approximate surface area is 188 Å². The number of carbonyl (C=O) groups is 2. The monoisotopic (exact) mass is 432 g/mol. The molecule has 0 radical (unpaired) electrons. The molecule has 1 unspecified atom stereocenters. The molecule has 1 aliphatic heterocycles. The van der Waals surface area contributed by atoms with E-state index >= 15 is 0 Å². The van der Waals surface area contributed by atoms with Crippen molar-refractivity contribution in [1.29, 1.82) is 0 Å². The van der Waals surface area contributed by atoms with Gasteiger partial charge < -0.3 is 19.5 Å². The summed E-state index contributed by atoms with van der Waals surface area (Å²) < 4.78 is 7.27. The molecule has 7 nitrogen and oxygen atoms in total. The minimum Gasteiger partial charge on any atom is -0.497 e. The third-order valence-electron chi connectivity index (χ3n) is 5.76. The van der Waals surface area contributed by atoms with Crippen molar-refractivity contribution in [3.05, 3.63) is 83.4 Å². The Hall–Kier alpha value is -3.61. The first-order chi connectivity index (χ1) is 15.5. The molecule has 1 aliphatic rings. The molecular formula is C25H28N4O3. The summed E-state index contributed by atoms with van der Waals surface area (Å²) in [5.74, 6) is 0.352. The minimum atomic E-state index is -0.748. The van der Waals surface area contributed by atoms with Crippen molar-refractivity contribution in [3.8, 4) is 5.75 Å². The molecule has 3 aromatic rings. The maximum Gasteiger partial charge on any atom is 0.254 e. The van der Waals surface area contributed by atoms with Gasteiger partial charge in [0.25, 0.3) is 5.91 Å². The Kier molecular flexibility index (Phi) is 6.25. The number of imidazole rings is 1. The Morgan fingerprint density at radius 3 is 2.66 bits per heavy atom. The van der Waals surface area contributed by atoms with E-state index < -0.39 is 6.04 Å². The van der Waals surface area contributed by atoms with Gasteiger partial charge in [-0.1, -0.05) is 30.3 Å². The molecule has 7 heteroatoms. The highest BCUT2D eigenvalue weighted by atomic mass is 16.5. The average molecular weight is 433 g/mol. The molecule has 2 heterocycles. The van der Waals surface area contributed by atoms with Crippen LogP contribution in [0.15, 0.2) is 60.9 Å². The second-order valence-corrected chi connectivity index (χ2v) is 8.16. The van der Waals surface area contributed by atoms with Gasteiger partial charge >= 0.3 is 0 Å². The van der Waals surface area contributed by atoms with Crippen LogP contribution < -0.4 is 10.1 Å². The number of rotatable bonds is 6. The first-order valence-corrected chi connectivity index (χ1v) is 10.8. The Morgan fingerprint density at radius 1 is 1.16 bits per heavy atom. The van der Waals surface area contributed by atoms with E-state index in [4.69, 9.17) is 4.74 Å². The van der Waals surface area contributed by atoms with Crippen molar-refractivity contribution < 1.29 is 14.3 Å². The van der Waals surface area contributed by atoms with E-state index in [9.17, 15) is 9.59 Å². The normalized spacial score (nSPS) is 15.4. The molecule has 2 aromatic carbocycles. The number of hydrogen-bond acceptors (Lipinski definition) is 4. The molecule has 0 aliphatic carbocycles. The summed E-state index contributed by atoms with van der Waals surface area (Å²) >= 11 is 0. The van der Waals surface area contributed by atoms with Gasteiger partial charge in [-0.05, 0) is 43.7 Å². The van der Waals surface area contributed by atoms with Crippen LogP contribution in [0.1, 0.15) is 53.2 Å². The van der Waals surface area contributed by atoms with Crippen LogP contribution in [0.4, 0.5) is 0 Å². The first-order valence-electron chi connectivity index (χ1n) is 10.8. The van der Waals surface area contributed by atoms with E-state index in [1.165, 1.54) is 0 Å². The highest BCUT2D eigenvalue weighted by Crippen LogP contribution is 2.32. The molecule has 4 rings (SSSR count). The molecule has 0 fully saturated rings. The maximum absolute atomic E-state index is 13.5. The number of aromatic nitrogens is 2. The zero-order valence-corrected chi connectivity index (χ0v) is 18.6. The van der Waals surface area contributed by atoms with Crippen molar-refractivity contribution in [1.82, 2.24) is 19.8 Å². The van der Waals surface area contributed by atoms with Crippen molar-refractivity contribution in [2.45, 2.75) is 38.9 Å². The van der Waals surface area contributed by atoms with Gasteiger partial charge in [-0.3, -0.25) is 9.59 Å². The van der Waals surface area contributed by atoms with Gasteiger partial charge in [-0.15, -0.1) is 0 Å². The van der Waals surface area contributed by atoms with Gasteiger partial charge in [0.05, 0.1) is 24.8 Å². The predicted octanol–water partition coefficient (Wildman–Crippen LogP) is 3.53. The lowest BCUT2D eigenvalue weighted by Crippen LogP contribution is -2.48. The Balaban J connectivity index is 1.66. The Morgan fingerprint density at radius 2 is 1.94 bits per heavy atom. The highest BCUT2D eigenvalue weighted by molar-refractivity contribution is 5.98. The summed E-state index contributed by atoms with van der Waals surface area (Å²) in [6, 6.07) is 16.0. The van der Waals surface area contributed by atoms with Gasteiger partial charge in [0.2, 0.25) is 5.91 Å². The van der Waals surface area contributed by atoms with Gasteiger partial charge in [-0.2, -0.15) is 0 Å². The molecule has 32 heavy (non-hydrogen) atoms. The molecular weight excluding hydrogens is 404 g/mol. The SMILES string of the molecule is COc1cccc(CNC(=O)C2c3c(ncn3C(C)C)CCN2C(=O)c2ccccc2)c1. The molecule has 1 atom stereocenters. The second kappa shape index (κ2) is 9.26. The van der Waals surface area contributed by atoms with Gasteiger partial charge in [-0.25, -0.2) is 4.98 Å². The van der Waals surface area contributed by atoms with Crippen LogP contribution in [-0.4, -0.2) is 39.9 Å². The van der Waals surface area contributed by atoms with E-state index in [1.54, 1.807) is 30.5 Å². The molecule has 0 spiro atoms. The van der Waals surface area contributed by atoms with E-state index in [0.717, 1.165) is 22.7 Å². The number of nitrogens with one attached hydrogen (secondary N) is 1. The second-order valence-electron chi connectivity index (χ2n) is 8.16. The summed E-state index contributed by atoms with van der Waals surface area (Å²) in [6.07, 6.45) is 2.39. The summed E-state index contributed by atoms with van der Waals surface area (Å²) in [7, 11) is 1.61. The molecule has 2 amide bonds. The lowest BCUT2D eigenvalue weighted by atomic mass is 9.99. The molecule has 0 bridgehead atoms. The van der Waals surface area contributed by atoms with Crippen LogP contribution in [0.3, 0.4) is 0 Å². The van der Waals surface area contributed by atoms with Gasteiger partial charge in [0.15, 0.2) is 6.04 Å². The fourth-order valence-corrected chi connectivity index (χ4v) is 4.11. The lowest BCUT2D eigenvalue weighted by Gasteiger charge is -2.36. The Bertz CT molecular complexity index is 1110. The summed E-state index contributed by atoms with van der Waals surface area (Å²) in [5.41, 5.74) is 3.15. The zero-order valence-electron chi connectivity index (χ0n) is 18.6. The van der Waals surface area contributed by atoms with Crippen LogP contribution >= 0.6 is 0 Å². The van der Waals surface area contributed by atoms with Crippen LogP contribution in [0, 0.1) is 0 Å². The molecule has 0 saturated carbocycles. The number of benzene rings is 2. The number of fused-ring (bicyclic) bond motifs is 1. The average Bonchev–Trinajstić information content (AvgIpc) is 3.26. The van der Waals surface area contributed by atoms with Crippen LogP contribution in [0.2, 0.25) is 0 Å². The van der Waals surface area contributed by atoms with Gasteiger partial charge in [0, 0.05) is 31.1 Å². The number of carbonyl (C=O) groups excluding carboxylic acids is 2. The van der Waals surface area contributed by atoms with E-state index in [-0.39, 0.29) is 17.9 Å². The number of nitrogens with zero attached hydrogens (tertiary/aromatic N) is 3. The standard InChI is InChI=1S/C25H28N4O3/c1-17(2)29-16-27-21-12-13-28(25(31)19-9-5-4-6-10-19)23(22(21)29)24(30)26-15-18-8-7-11-20(14-18)32-3/h4-11,14,16-17,23H,12-13,15H2,1-3H3,(H,26,30). The van der Waals surface area contributed by atoms with Crippen molar-refractivity contribution >= 4 is 11.8 Å². The minimum absolute atomic E-state index is 0.117. The lowest BCUT2D eigenvalue weighted by molar-refractivity contribution is -0.126. The first kappa shape index (κ1) is 21.6. The van der Waals surface area contributed by atoms with Crippen molar-refractivity contribution in [3.63, 3.8) is 0 Å². The quantitative estimate of drug-likeness (QED) is 0.647. The van der Waals surface area contributed by atoms with Crippen LogP contribution in [-0.2, 0) is 17.8 Å². The highest BCUT2D eigenvalue weighted by Gasteiger charge is 2.39.